The molecular formula is C15H25N3O2. The van der Waals surface area contributed by atoms with E-state index in [0.29, 0.717) is 24.6 Å². The Kier molecular flexibility index (Phi) is 7.22. The van der Waals surface area contributed by atoms with Crippen molar-refractivity contribution in [1.29, 1.82) is 0 Å². The molecule has 1 aromatic carbocycles. The predicted octanol–water partition coefficient (Wildman–Crippen LogP) is 1.39. The van der Waals surface area contributed by atoms with Crippen LogP contribution in [0.25, 0.3) is 0 Å². The Bertz CT molecular complexity index is 421. The molecule has 1 aromatic rings. The van der Waals surface area contributed by atoms with Crippen molar-refractivity contribution in [2.45, 2.75) is 20.4 Å². The van der Waals surface area contributed by atoms with Gasteiger partial charge in [-0.05, 0) is 17.5 Å². The Morgan fingerprint density at radius 1 is 1.40 bits per heavy atom. The van der Waals surface area contributed by atoms with Crippen molar-refractivity contribution < 1.29 is 9.53 Å². The lowest BCUT2D eigenvalue weighted by Gasteiger charge is -2.24. The van der Waals surface area contributed by atoms with E-state index < -0.39 is 0 Å². The van der Waals surface area contributed by atoms with Crippen LogP contribution in [0, 0.1) is 5.92 Å². The number of benzene rings is 1. The van der Waals surface area contributed by atoms with Crippen molar-refractivity contribution in [3.8, 4) is 0 Å². The van der Waals surface area contributed by atoms with Gasteiger partial charge in [0, 0.05) is 32.3 Å². The Balaban J connectivity index is 2.83. The minimum absolute atomic E-state index is 0.253. The smallest absolute Gasteiger partial charge is 0.265 e. The summed E-state index contributed by atoms with van der Waals surface area (Å²) in [5, 5.41) is 0. The van der Waals surface area contributed by atoms with Crippen LogP contribution in [-0.2, 0) is 11.3 Å². The van der Waals surface area contributed by atoms with E-state index in [1.165, 1.54) is 0 Å². The molecule has 0 saturated carbocycles. The van der Waals surface area contributed by atoms with Crippen molar-refractivity contribution in [1.82, 2.24) is 10.3 Å². The van der Waals surface area contributed by atoms with Crippen LogP contribution < -0.4 is 11.3 Å². The number of carbonyl (C=O) groups is 1. The summed E-state index contributed by atoms with van der Waals surface area (Å²) in [6, 6.07) is 7.54. The highest BCUT2D eigenvalue weighted by Crippen LogP contribution is 2.13. The van der Waals surface area contributed by atoms with Gasteiger partial charge in [0.2, 0.25) is 0 Å². The molecular weight excluding hydrogens is 254 g/mol. The number of hydrazine groups is 1. The lowest BCUT2D eigenvalue weighted by atomic mass is 10.1. The van der Waals surface area contributed by atoms with Crippen LogP contribution in [0.15, 0.2) is 24.3 Å². The van der Waals surface area contributed by atoms with Gasteiger partial charge in [-0.1, -0.05) is 32.0 Å². The zero-order chi connectivity index (χ0) is 15.0. The summed E-state index contributed by atoms with van der Waals surface area (Å²) in [6.45, 7) is 7.55. The summed E-state index contributed by atoms with van der Waals surface area (Å²) in [5.74, 6) is 5.54. The Hall–Kier alpha value is -1.43. The molecule has 3 N–H and O–H groups in total. The fraction of sp³-hybridized carbons (Fsp3) is 0.533. The second-order valence-corrected chi connectivity index (χ2v) is 5.25. The molecule has 112 valence electrons. The standard InChI is InChI=1S/C15H25N3O2/c1-12(2)10-18(8-9-20-3)11-13-6-4-5-7-14(13)15(19)17-16/h4-7,12H,8-11,16H2,1-3H3,(H,17,19). The molecule has 5 nitrogen and oxygen atoms in total. The van der Waals surface area contributed by atoms with E-state index in [9.17, 15) is 4.79 Å². The Labute approximate surface area is 121 Å². The van der Waals surface area contributed by atoms with Gasteiger partial charge in [0.1, 0.15) is 0 Å². The zero-order valence-electron chi connectivity index (χ0n) is 12.6. The van der Waals surface area contributed by atoms with E-state index in [4.69, 9.17) is 10.6 Å². The number of nitrogens with zero attached hydrogens (tertiary/aromatic N) is 1. The van der Waals surface area contributed by atoms with Gasteiger partial charge in [-0.3, -0.25) is 15.1 Å². The fourth-order valence-electron chi connectivity index (χ4n) is 2.17. The number of carbonyl (C=O) groups excluding carboxylic acids is 1. The first-order valence-electron chi connectivity index (χ1n) is 6.88. The van der Waals surface area contributed by atoms with Crippen LogP contribution in [0.4, 0.5) is 0 Å². The summed E-state index contributed by atoms with van der Waals surface area (Å²) in [4.78, 5) is 14.1. The Morgan fingerprint density at radius 2 is 2.10 bits per heavy atom. The quantitative estimate of drug-likeness (QED) is 0.429. The first-order chi connectivity index (χ1) is 9.58. The number of nitrogens with two attached hydrogens (primary N) is 1. The molecule has 0 radical (unpaired) electrons. The van der Waals surface area contributed by atoms with Crippen LogP contribution >= 0.6 is 0 Å². The topological polar surface area (TPSA) is 67.6 Å². The number of methoxy groups -OCH3 is 1. The molecule has 0 aliphatic rings. The summed E-state index contributed by atoms with van der Waals surface area (Å²) in [5.41, 5.74) is 3.80. The van der Waals surface area contributed by atoms with Crippen LogP contribution in [-0.4, -0.2) is 37.6 Å². The highest BCUT2D eigenvalue weighted by molar-refractivity contribution is 5.95. The third-order valence-electron chi connectivity index (χ3n) is 3.02. The normalized spacial score (nSPS) is 11.1. The van der Waals surface area contributed by atoms with Gasteiger partial charge >= 0.3 is 0 Å². The molecule has 0 spiro atoms. The Morgan fingerprint density at radius 3 is 2.70 bits per heavy atom. The molecule has 0 bridgehead atoms. The van der Waals surface area contributed by atoms with E-state index in [1.54, 1.807) is 13.2 Å². The third kappa shape index (κ3) is 5.28. The summed E-state index contributed by atoms with van der Waals surface area (Å²) in [7, 11) is 1.70. The highest BCUT2D eigenvalue weighted by Gasteiger charge is 2.14. The molecule has 1 rings (SSSR count). The molecule has 0 atom stereocenters. The minimum Gasteiger partial charge on any atom is -0.383 e. The number of rotatable bonds is 8. The van der Waals surface area contributed by atoms with Crippen molar-refractivity contribution in [3.63, 3.8) is 0 Å². The van der Waals surface area contributed by atoms with Gasteiger partial charge in [0.15, 0.2) is 0 Å². The van der Waals surface area contributed by atoms with Crippen molar-refractivity contribution >= 4 is 5.91 Å². The second-order valence-electron chi connectivity index (χ2n) is 5.25. The van der Waals surface area contributed by atoms with Crippen LogP contribution in [0.3, 0.4) is 0 Å². The van der Waals surface area contributed by atoms with Gasteiger partial charge < -0.3 is 4.74 Å². The maximum atomic E-state index is 11.8. The number of nitrogens with one attached hydrogen (secondary N) is 1. The fourth-order valence-corrected chi connectivity index (χ4v) is 2.17. The van der Waals surface area contributed by atoms with E-state index in [-0.39, 0.29) is 5.91 Å². The molecule has 5 heteroatoms. The summed E-state index contributed by atoms with van der Waals surface area (Å²) >= 11 is 0. The second kappa shape index (κ2) is 8.68. The van der Waals surface area contributed by atoms with Crippen molar-refractivity contribution in [3.05, 3.63) is 35.4 Å². The maximum absolute atomic E-state index is 11.8. The molecule has 20 heavy (non-hydrogen) atoms. The van der Waals surface area contributed by atoms with Crippen molar-refractivity contribution in [2.75, 3.05) is 26.8 Å². The number of ether oxygens (including phenoxy) is 1. The minimum atomic E-state index is -0.253. The first-order valence-corrected chi connectivity index (χ1v) is 6.88. The number of nitrogen functional groups attached to an aromatic ring is 1. The van der Waals surface area contributed by atoms with Crippen LogP contribution in [0.1, 0.15) is 29.8 Å². The average Bonchev–Trinajstić information content (AvgIpc) is 2.44. The predicted molar refractivity (Wildman–Crippen MR) is 80.1 cm³/mol. The van der Waals surface area contributed by atoms with Crippen molar-refractivity contribution in [2.24, 2.45) is 11.8 Å². The molecule has 0 aliphatic heterocycles. The SMILES string of the molecule is COCCN(Cc1ccccc1C(=O)NN)CC(C)C. The van der Waals surface area contributed by atoms with E-state index in [2.05, 4.69) is 24.2 Å². The monoisotopic (exact) mass is 279 g/mol. The van der Waals surface area contributed by atoms with Gasteiger partial charge in [-0.15, -0.1) is 0 Å². The molecule has 0 heterocycles. The average molecular weight is 279 g/mol. The van der Waals surface area contributed by atoms with Gasteiger partial charge in [-0.25, -0.2) is 5.84 Å². The molecule has 1 amide bonds. The van der Waals surface area contributed by atoms with E-state index in [0.717, 1.165) is 18.7 Å². The molecule has 0 fully saturated rings. The van der Waals surface area contributed by atoms with Gasteiger partial charge in [0.05, 0.1) is 6.61 Å². The molecule has 0 aliphatic carbocycles. The lowest BCUT2D eigenvalue weighted by molar-refractivity contribution is 0.0950. The molecule has 0 saturated heterocycles. The largest absolute Gasteiger partial charge is 0.383 e. The zero-order valence-corrected chi connectivity index (χ0v) is 12.6. The van der Waals surface area contributed by atoms with Crippen LogP contribution in [0.5, 0.6) is 0 Å². The summed E-state index contributed by atoms with van der Waals surface area (Å²) < 4.78 is 5.15. The number of hydrogen-bond acceptors (Lipinski definition) is 4. The third-order valence-corrected chi connectivity index (χ3v) is 3.02. The lowest BCUT2D eigenvalue weighted by Crippen LogP contribution is -2.34. The first kappa shape index (κ1) is 16.6. The molecule has 0 unspecified atom stereocenters. The summed E-state index contributed by atoms with van der Waals surface area (Å²) in [6.07, 6.45) is 0. The maximum Gasteiger partial charge on any atom is 0.265 e. The van der Waals surface area contributed by atoms with Gasteiger partial charge in [0.25, 0.3) is 5.91 Å². The highest BCUT2D eigenvalue weighted by atomic mass is 16.5. The molecule has 0 aromatic heterocycles. The van der Waals surface area contributed by atoms with E-state index >= 15 is 0 Å². The van der Waals surface area contributed by atoms with E-state index in [1.807, 2.05) is 18.2 Å². The number of hydrogen-bond donors (Lipinski definition) is 2. The number of amides is 1. The van der Waals surface area contributed by atoms with Gasteiger partial charge in [-0.2, -0.15) is 0 Å². The van der Waals surface area contributed by atoms with Crippen LogP contribution in [0.2, 0.25) is 0 Å².